The first-order chi connectivity index (χ1) is 53.5. The van der Waals surface area contributed by atoms with Crippen LogP contribution in [0.15, 0.2) is 334 Å². The molecule has 0 amide bonds. The third kappa shape index (κ3) is 19.3. The minimum absolute atomic E-state index is 0.00769. The van der Waals surface area contributed by atoms with Crippen molar-refractivity contribution < 1.29 is 71.1 Å². The fourth-order valence-electron chi connectivity index (χ4n) is 14.5. The molecular formula is C93H92O15. The second kappa shape index (κ2) is 37.8. The molecule has 0 aromatic heterocycles. The largest absolute Gasteiger partial charge is 0.374 e. The fourth-order valence-corrected chi connectivity index (χ4v) is 14.5. The first-order valence-electron chi connectivity index (χ1n) is 37.4. The summed E-state index contributed by atoms with van der Waals surface area (Å²) < 4.78 is 109. The van der Waals surface area contributed by atoms with E-state index in [0.717, 1.165) is 61.2 Å². The predicted octanol–water partition coefficient (Wildman–Crippen LogP) is 16.3. The quantitative estimate of drug-likeness (QED) is 0.0271. The highest BCUT2D eigenvalue weighted by Gasteiger charge is 2.61. The molecule has 4 saturated heterocycles. The van der Waals surface area contributed by atoms with E-state index in [1.165, 1.54) is 0 Å². The molecule has 4 fully saturated rings. The molecule has 15 heteroatoms. The van der Waals surface area contributed by atoms with E-state index < -0.39 is 97.7 Å². The maximum Gasteiger partial charge on any atom is 0.187 e. The monoisotopic (exact) mass is 1450 g/mol. The van der Waals surface area contributed by atoms with Gasteiger partial charge in [0.2, 0.25) is 0 Å². The van der Waals surface area contributed by atoms with Crippen molar-refractivity contribution in [2.75, 3.05) is 19.8 Å². The van der Waals surface area contributed by atoms with Gasteiger partial charge in [-0.25, -0.2) is 0 Å². The highest BCUT2D eigenvalue weighted by Crippen LogP contribution is 2.45. The molecule has 15 rings (SSSR count). The molecule has 554 valence electrons. The van der Waals surface area contributed by atoms with E-state index in [9.17, 15) is 0 Å². The molecule has 0 unspecified atom stereocenters. The molecular weight excluding hydrogens is 1360 g/mol. The van der Waals surface area contributed by atoms with Gasteiger partial charge in [-0.2, -0.15) is 0 Å². The van der Waals surface area contributed by atoms with E-state index in [-0.39, 0.29) is 66.1 Å². The van der Waals surface area contributed by atoms with Crippen molar-refractivity contribution >= 4 is 0 Å². The number of ether oxygens (including phenoxy) is 15. The predicted molar refractivity (Wildman–Crippen MR) is 408 cm³/mol. The third-order valence-corrected chi connectivity index (χ3v) is 20.1. The van der Waals surface area contributed by atoms with Crippen LogP contribution in [0, 0.1) is 0 Å². The summed E-state index contributed by atoms with van der Waals surface area (Å²) in [4.78, 5) is 0. The van der Waals surface area contributed by atoms with Crippen molar-refractivity contribution in [1.82, 2.24) is 0 Å². The molecule has 11 aromatic carbocycles. The van der Waals surface area contributed by atoms with E-state index in [1.807, 2.05) is 273 Å². The van der Waals surface area contributed by atoms with Gasteiger partial charge >= 0.3 is 0 Å². The van der Waals surface area contributed by atoms with Gasteiger partial charge in [-0.05, 0) is 61.2 Å². The van der Waals surface area contributed by atoms with Crippen LogP contribution in [0.2, 0.25) is 0 Å². The molecule has 108 heavy (non-hydrogen) atoms. The second-order valence-corrected chi connectivity index (χ2v) is 27.6. The average Bonchev–Trinajstić information content (AvgIpc) is 1.38. The zero-order chi connectivity index (χ0) is 72.8. The molecule has 0 spiro atoms. The Labute approximate surface area is 633 Å². The van der Waals surface area contributed by atoms with Crippen LogP contribution in [0.3, 0.4) is 0 Å². The van der Waals surface area contributed by atoms with Gasteiger partial charge in [0.15, 0.2) is 18.9 Å². The van der Waals surface area contributed by atoms with Crippen LogP contribution in [0.25, 0.3) is 0 Å². The number of hydrogen-bond donors (Lipinski definition) is 0. The number of epoxide rings is 1. The molecule has 0 bridgehead atoms. The SMILES string of the molecule is c1ccc(COC[C@H]2O[C@@H](O[C@@H]3[C@H]4O[C@H]4O[C@H](CO[C@@H]4O[C@H](COC(c5ccccc5)(c5ccccc5)c5ccccc5)[C@@H](OCc5ccccc5)[C@H](OCc5ccccc5)[C@H]4OCc4ccccc4)[C@H]3OCc3ccccc3)[C@H](OCc3ccccc3)[C@@H](OCc3ccccc3)[C@@H]2OCc2ccccc2)cc1. The van der Waals surface area contributed by atoms with Crippen molar-refractivity contribution in [1.29, 1.82) is 0 Å². The molecule has 15 atom stereocenters. The Bertz CT molecular complexity index is 4260. The zero-order valence-corrected chi connectivity index (χ0v) is 60.3. The van der Waals surface area contributed by atoms with Crippen LogP contribution in [0.5, 0.6) is 0 Å². The Kier molecular flexibility index (Phi) is 26.0. The molecule has 4 aliphatic rings. The Morgan fingerprint density at radius 2 is 0.491 bits per heavy atom. The van der Waals surface area contributed by atoms with Gasteiger partial charge in [0.25, 0.3) is 0 Å². The molecule has 0 saturated carbocycles. The molecule has 4 aliphatic heterocycles. The van der Waals surface area contributed by atoms with Crippen LogP contribution < -0.4 is 0 Å². The normalized spacial score (nSPS) is 24.7. The number of rotatable bonds is 36. The fraction of sp³-hybridized carbons (Fsp3) is 0.290. The van der Waals surface area contributed by atoms with E-state index in [0.29, 0.717) is 6.61 Å². The summed E-state index contributed by atoms with van der Waals surface area (Å²) in [5, 5.41) is 0. The van der Waals surface area contributed by atoms with E-state index >= 15 is 0 Å². The Morgan fingerprint density at radius 3 is 0.843 bits per heavy atom. The highest BCUT2D eigenvalue weighted by molar-refractivity contribution is 5.47. The summed E-state index contributed by atoms with van der Waals surface area (Å²) in [6.07, 6.45) is -12.8. The Morgan fingerprint density at radius 1 is 0.222 bits per heavy atom. The number of fused-ring (bicyclic) bond motifs is 1. The molecule has 15 nitrogen and oxygen atoms in total. The standard InChI is InChI=1S/C93H92O15/c1-12-34-67(35-13-1)56-94-64-78-81(95-57-68-36-14-2-15-37-68)85(99-61-72-44-22-6-23-45-72)88(101-63-74-48-26-8-27-49-74)91(105-78)107-86-83(97-59-70-40-18-4-19-41-70)79(106-92-89(86)108-92)65-102-90-87(100-62-73-46-24-7-25-47-73)84(98-60-71-42-20-5-21-43-71)82(96-58-69-38-16-3-17-39-69)80(104-90)66-103-93(75-50-28-9-29-51-75,76-52-30-10-31-53-76)77-54-32-11-33-55-77/h1-55,78-92H,56-66H2/t78-,79-,80-,81-,82-,83-,84+,85+,86+,87-,88-,89-,90-,91+,92-/m1/s1. The van der Waals surface area contributed by atoms with Gasteiger partial charge < -0.3 is 71.1 Å². The van der Waals surface area contributed by atoms with Crippen LogP contribution in [-0.4, -0.2) is 112 Å². The molecule has 4 heterocycles. The minimum atomic E-state index is -1.15. The highest BCUT2D eigenvalue weighted by atomic mass is 16.8. The lowest BCUT2D eigenvalue weighted by Crippen LogP contribution is -2.64. The van der Waals surface area contributed by atoms with Crippen LogP contribution in [0.4, 0.5) is 0 Å². The van der Waals surface area contributed by atoms with E-state index in [1.54, 1.807) is 0 Å². The molecule has 11 aromatic rings. The van der Waals surface area contributed by atoms with Gasteiger partial charge in [-0.3, -0.25) is 0 Å². The molecule has 0 aliphatic carbocycles. The lowest BCUT2D eigenvalue weighted by molar-refractivity contribution is -0.351. The van der Waals surface area contributed by atoms with Crippen molar-refractivity contribution in [3.05, 3.63) is 395 Å². The van der Waals surface area contributed by atoms with Crippen molar-refractivity contribution in [2.45, 2.75) is 151 Å². The first kappa shape index (κ1) is 74.3. The maximum atomic E-state index is 7.73. The lowest BCUT2D eigenvalue weighted by atomic mass is 9.80. The average molecular weight is 1450 g/mol. The topological polar surface area (TPSA) is 142 Å². The minimum Gasteiger partial charge on any atom is -0.374 e. The Balaban J connectivity index is 0.798. The van der Waals surface area contributed by atoms with Crippen LogP contribution in [0.1, 0.15) is 61.2 Å². The lowest BCUT2D eigenvalue weighted by Gasteiger charge is -2.48. The molecule has 0 N–H and O–H groups in total. The summed E-state index contributed by atoms with van der Waals surface area (Å²) >= 11 is 0. The van der Waals surface area contributed by atoms with Crippen LogP contribution in [-0.2, 0) is 130 Å². The summed E-state index contributed by atoms with van der Waals surface area (Å²) in [6, 6.07) is 112. The van der Waals surface area contributed by atoms with Gasteiger partial charge in [0.1, 0.15) is 78.8 Å². The van der Waals surface area contributed by atoms with Crippen LogP contribution >= 0.6 is 0 Å². The van der Waals surface area contributed by atoms with Crippen molar-refractivity contribution in [3.8, 4) is 0 Å². The van der Waals surface area contributed by atoms with Gasteiger partial charge in [-0.15, -0.1) is 0 Å². The third-order valence-electron chi connectivity index (χ3n) is 20.1. The van der Waals surface area contributed by atoms with Gasteiger partial charge in [0, 0.05) is 0 Å². The van der Waals surface area contributed by atoms with Crippen molar-refractivity contribution in [2.24, 2.45) is 0 Å². The summed E-state index contributed by atoms with van der Waals surface area (Å²) in [7, 11) is 0. The summed E-state index contributed by atoms with van der Waals surface area (Å²) in [5.41, 5.74) is 9.32. The smallest absolute Gasteiger partial charge is 0.187 e. The summed E-state index contributed by atoms with van der Waals surface area (Å²) in [5.74, 6) is 0. The first-order valence-corrected chi connectivity index (χ1v) is 37.4. The Hall–Kier alpha value is -9.18. The van der Waals surface area contributed by atoms with Crippen molar-refractivity contribution in [3.63, 3.8) is 0 Å². The summed E-state index contributed by atoms with van der Waals surface area (Å²) in [6.45, 7) is 1.81. The number of benzene rings is 11. The number of hydrogen-bond acceptors (Lipinski definition) is 15. The van der Waals surface area contributed by atoms with E-state index in [4.69, 9.17) is 71.1 Å². The van der Waals surface area contributed by atoms with E-state index in [2.05, 4.69) is 60.7 Å². The van der Waals surface area contributed by atoms with Gasteiger partial charge in [-0.1, -0.05) is 334 Å². The maximum absolute atomic E-state index is 7.73. The second-order valence-electron chi connectivity index (χ2n) is 27.6. The molecule has 0 radical (unpaired) electrons. The van der Waals surface area contributed by atoms with Gasteiger partial charge in [0.05, 0.1) is 72.7 Å². The zero-order valence-electron chi connectivity index (χ0n) is 60.3.